The van der Waals surface area contributed by atoms with Crippen molar-refractivity contribution in [3.63, 3.8) is 0 Å². The van der Waals surface area contributed by atoms with Gasteiger partial charge in [-0.1, -0.05) is 0 Å². The van der Waals surface area contributed by atoms with E-state index in [0.717, 1.165) is 12.1 Å². The van der Waals surface area contributed by atoms with Crippen LogP contribution in [0.3, 0.4) is 0 Å². The molecule has 1 aliphatic rings. The minimum Gasteiger partial charge on any atom is -0.346 e. The van der Waals surface area contributed by atoms with Crippen molar-refractivity contribution in [3.05, 3.63) is 29.6 Å². The molecule has 27 heavy (non-hydrogen) atoms. The number of hydrogen-bond acceptors (Lipinski definition) is 3. The first-order chi connectivity index (χ1) is 12.2. The van der Waals surface area contributed by atoms with Crippen LogP contribution in [0.2, 0.25) is 0 Å². The molecule has 1 atom stereocenters. The largest absolute Gasteiger partial charge is 0.346 e. The lowest BCUT2D eigenvalue weighted by atomic mass is 10.1. The molecule has 2 rings (SSSR count). The van der Waals surface area contributed by atoms with Crippen LogP contribution in [-0.4, -0.2) is 41.8 Å². The zero-order chi connectivity index (χ0) is 19.4. The van der Waals surface area contributed by atoms with Crippen molar-refractivity contribution >= 4 is 36.9 Å². The van der Waals surface area contributed by atoms with Crippen LogP contribution in [0.25, 0.3) is 0 Å². The molecular weight excluding hydrogens is 383 g/mol. The Morgan fingerprint density at radius 2 is 1.89 bits per heavy atom. The molecule has 0 aromatic heterocycles. The molecule has 150 valence electrons. The second-order valence-electron chi connectivity index (χ2n) is 6.39. The van der Waals surface area contributed by atoms with E-state index in [9.17, 15) is 27.6 Å². The molecule has 3 amide bonds. The highest BCUT2D eigenvalue weighted by molar-refractivity contribution is 7.59. The average molecular weight is 405 g/mol. The maximum atomic E-state index is 13.3. The summed E-state index contributed by atoms with van der Waals surface area (Å²) in [5.41, 5.74) is -0.745. The monoisotopic (exact) mass is 405 g/mol. The molecule has 1 saturated heterocycles. The maximum absolute atomic E-state index is 13.3. The number of carbonyl (C=O) groups is 3. The van der Waals surface area contributed by atoms with Crippen LogP contribution in [0.1, 0.15) is 32.3 Å². The average Bonchev–Trinajstić information content (AvgIpc) is 3.05. The lowest BCUT2D eigenvalue weighted by Crippen LogP contribution is -2.44. The van der Waals surface area contributed by atoms with Gasteiger partial charge in [0.25, 0.3) is 6.43 Å². The van der Waals surface area contributed by atoms with Crippen molar-refractivity contribution in [2.75, 3.05) is 18.4 Å². The predicted octanol–water partition coefficient (Wildman–Crippen LogP) is 2.19. The zero-order valence-corrected chi connectivity index (χ0v) is 15.9. The van der Waals surface area contributed by atoms with Gasteiger partial charge < -0.3 is 15.5 Å². The topological polar surface area (TPSA) is 78.5 Å². The number of amides is 3. The van der Waals surface area contributed by atoms with Crippen LogP contribution in [0.15, 0.2) is 18.2 Å². The summed E-state index contributed by atoms with van der Waals surface area (Å²) < 4.78 is 38.7. The highest BCUT2D eigenvalue weighted by Gasteiger charge is 2.34. The number of rotatable bonds is 4. The van der Waals surface area contributed by atoms with Gasteiger partial charge in [-0.15, -0.1) is 0 Å². The fraction of sp³-hybridized carbons (Fsp3) is 0.471. The fourth-order valence-electron chi connectivity index (χ4n) is 2.66. The highest BCUT2D eigenvalue weighted by Crippen LogP contribution is 2.26. The van der Waals surface area contributed by atoms with E-state index in [2.05, 4.69) is 10.6 Å². The van der Waals surface area contributed by atoms with Gasteiger partial charge in [0.15, 0.2) is 0 Å². The van der Waals surface area contributed by atoms with E-state index in [1.165, 1.54) is 11.0 Å². The molecule has 1 aromatic carbocycles. The highest BCUT2D eigenvalue weighted by atomic mass is 32.1. The minimum absolute atomic E-state index is 0. The Kier molecular flexibility index (Phi) is 8.14. The van der Waals surface area contributed by atoms with Crippen LogP contribution in [-0.2, 0) is 14.4 Å². The molecule has 1 heterocycles. The van der Waals surface area contributed by atoms with Gasteiger partial charge in [-0.05, 0) is 38.5 Å². The summed E-state index contributed by atoms with van der Waals surface area (Å²) in [6.07, 6.45) is -2.65. The Labute approximate surface area is 161 Å². The lowest BCUT2D eigenvalue weighted by molar-refractivity contribution is -0.145. The van der Waals surface area contributed by atoms with E-state index in [4.69, 9.17) is 0 Å². The molecule has 1 aromatic rings. The third-order valence-electron chi connectivity index (χ3n) is 3.96. The number of benzene rings is 1. The maximum Gasteiger partial charge on any atom is 0.311 e. The molecule has 6 nitrogen and oxygen atoms in total. The van der Waals surface area contributed by atoms with E-state index in [-0.39, 0.29) is 38.3 Å². The molecule has 0 bridgehead atoms. The van der Waals surface area contributed by atoms with Crippen molar-refractivity contribution < 1.29 is 27.6 Å². The van der Waals surface area contributed by atoms with Crippen LogP contribution < -0.4 is 10.6 Å². The standard InChI is InChI=1S/C17H20F3N3O3.H2S/c1-9(2)21-16(25)17(26)23-6-5-10(8-23)15(24)22-11-3-4-13(18)12(7-11)14(19)20;/h3-4,7,9-10,14H,5-6,8H2,1-2H3,(H,21,25)(H,22,24);1H2/t10-;/m0./s1. The molecule has 0 spiro atoms. The normalized spacial score (nSPS) is 16.3. The van der Waals surface area contributed by atoms with Crippen LogP contribution >= 0.6 is 13.5 Å². The Hall–Kier alpha value is -2.23. The van der Waals surface area contributed by atoms with Crippen LogP contribution in [0, 0.1) is 11.7 Å². The van der Waals surface area contributed by atoms with Crippen molar-refractivity contribution in [3.8, 4) is 0 Å². The molecule has 10 heteroatoms. The zero-order valence-electron chi connectivity index (χ0n) is 14.9. The van der Waals surface area contributed by atoms with E-state index in [1.54, 1.807) is 13.8 Å². The molecule has 1 aliphatic heterocycles. The van der Waals surface area contributed by atoms with Gasteiger partial charge in [-0.25, -0.2) is 13.2 Å². The Morgan fingerprint density at radius 1 is 1.22 bits per heavy atom. The number of anilines is 1. The van der Waals surface area contributed by atoms with Crippen molar-refractivity contribution in [2.24, 2.45) is 5.92 Å². The molecule has 0 radical (unpaired) electrons. The number of alkyl halides is 2. The predicted molar refractivity (Wildman–Crippen MR) is 98.3 cm³/mol. The third kappa shape index (κ3) is 5.88. The number of nitrogens with zero attached hydrogens (tertiary/aromatic N) is 1. The number of hydrogen-bond donors (Lipinski definition) is 2. The number of likely N-dealkylation sites (tertiary alicyclic amines) is 1. The minimum atomic E-state index is -2.99. The molecule has 0 unspecified atom stereocenters. The SMILES string of the molecule is CC(C)NC(=O)C(=O)N1CC[C@H](C(=O)Nc2ccc(F)c(C(F)F)c2)C1.S. The van der Waals surface area contributed by atoms with Gasteiger partial charge in [0.05, 0.1) is 11.5 Å². The first-order valence-corrected chi connectivity index (χ1v) is 8.17. The summed E-state index contributed by atoms with van der Waals surface area (Å²) in [6, 6.07) is 2.74. The first-order valence-electron chi connectivity index (χ1n) is 8.17. The smallest absolute Gasteiger partial charge is 0.311 e. The number of nitrogens with one attached hydrogen (secondary N) is 2. The van der Waals surface area contributed by atoms with Gasteiger partial charge in [-0.2, -0.15) is 13.5 Å². The first kappa shape index (κ1) is 22.8. The third-order valence-corrected chi connectivity index (χ3v) is 3.96. The van der Waals surface area contributed by atoms with E-state index in [0.29, 0.717) is 6.42 Å². The summed E-state index contributed by atoms with van der Waals surface area (Å²) in [6.45, 7) is 3.75. The molecule has 0 saturated carbocycles. The fourth-order valence-corrected chi connectivity index (χ4v) is 2.66. The Morgan fingerprint density at radius 3 is 2.48 bits per heavy atom. The van der Waals surface area contributed by atoms with Crippen molar-refractivity contribution in [2.45, 2.75) is 32.7 Å². The van der Waals surface area contributed by atoms with Crippen molar-refractivity contribution in [1.29, 1.82) is 0 Å². The number of halogens is 3. The molecular formula is C17H22F3N3O3S. The summed E-state index contributed by atoms with van der Waals surface area (Å²) in [5, 5.41) is 4.94. The molecule has 2 N–H and O–H groups in total. The lowest BCUT2D eigenvalue weighted by Gasteiger charge is -2.17. The summed E-state index contributed by atoms with van der Waals surface area (Å²) in [7, 11) is 0. The van der Waals surface area contributed by atoms with Gasteiger partial charge in [-0.3, -0.25) is 14.4 Å². The van der Waals surface area contributed by atoms with Crippen LogP contribution in [0.5, 0.6) is 0 Å². The van der Waals surface area contributed by atoms with Gasteiger partial charge in [0, 0.05) is 24.8 Å². The molecule has 0 aliphatic carbocycles. The summed E-state index contributed by atoms with van der Waals surface area (Å²) >= 11 is 0. The van der Waals surface area contributed by atoms with E-state index in [1.807, 2.05) is 0 Å². The Bertz CT molecular complexity index is 716. The van der Waals surface area contributed by atoms with E-state index < -0.39 is 41.4 Å². The quantitative estimate of drug-likeness (QED) is 0.754. The van der Waals surface area contributed by atoms with Gasteiger partial charge in [0.1, 0.15) is 5.82 Å². The molecule has 1 fully saturated rings. The second kappa shape index (κ2) is 9.63. The van der Waals surface area contributed by atoms with E-state index >= 15 is 0 Å². The van der Waals surface area contributed by atoms with Crippen molar-refractivity contribution in [1.82, 2.24) is 10.2 Å². The van der Waals surface area contributed by atoms with Gasteiger partial charge in [0.2, 0.25) is 5.91 Å². The number of carbonyl (C=O) groups excluding carboxylic acids is 3. The second-order valence-corrected chi connectivity index (χ2v) is 6.39. The summed E-state index contributed by atoms with van der Waals surface area (Å²) in [4.78, 5) is 37.3. The summed E-state index contributed by atoms with van der Waals surface area (Å²) in [5.74, 6) is -3.55. The Balaban J connectivity index is 0.00000364. The van der Waals surface area contributed by atoms with Gasteiger partial charge >= 0.3 is 11.8 Å². The van der Waals surface area contributed by atoms with Crippen LogP contribution in [0.4, 0.5) is 18.9 Å².